The first-order valence-corrected chi connectivity index (χ1v) is 5.89. The summed E-state index contributed by atoms with van der Waals surface area (Å²) >= 11 is 3.31. The molecule has 3 nitrogen and oxygen atoms in total. The maximum Gasteiger partial charge on any atom is 0.167 e. The van der Waals surface area contributed by atoms with Crippen LogP contribution < -0.4 is 4.74 Å². The van der Waals surface area contributed by atoms with Gasteiger partial charge in [-0.2, -0.15) is 0 Å². The number of ether oxygens (including phenoxy) is 1. The number of carbonyl (C=O) groups excluding carboxylic acids is 1. The highest BCUT2D eigenvalue weighted by Gasteiger charge is 2.29. The Hall–Kier alpha value is -0.870. The van der Waals surface area contributed by atoms with Crippen LogP contribution in [0.2, 0.25) is 0 Å². The van der Waals surface area contributed by atoms with E-state index >= 15 is 0 Å². The van der Waals surface area contributed by atoms with Crippen LogP contribution in [0.15, 0.2) is 28.7 Å². The van der Waals surface area contributed by atoms with E-state index in [1.807, 2.05) is 12.1 Å². The van der Waals surface area contributed by atoms with Crippen LogP contribution in [0, 0.1) is 0 Å². The number of rotatable bonds is 5. The number of aliphatic hydroxyl groups is 1. The fourth-order valence-electron chi connectivity index (χ4n) is 1.22. The van der Waals surface area contributed by atoms with Gasteiger partial charge in [0.2, 0.25) is 0 Å². The van der Waals surface area contributed by atoms with Gasteiger partial charge in [-0.25, -0.2) is 0 Å². The summed E-state index contributed by atoms with van der Waals surface area (Å²) in [5.74, 6) is 0.414. The molecule has 88 valence electrons. The maximum absolute atomic E-state index is 11.4. The minimum Gasteiger partial charge on any atom is -0.490 e. The third kappa shape index (κ3) is 3.61. The predicted octanol–water partition coefficient (Wildman–Crippen LogP) is 2.56. The summed E-state index contributed by atoms with van der Waals surface area (Å²) in [6, 6.07) is 7.23. The predicted molar refractivity (Wildman–Crippen MR) is 65.6 cm³/mol. The lowest BCUT2D eigenvalue weighted by Gasteiger charge is -2.21. The topological polar surface area (TPSA) is 46.5 Å². The maximum atomic E-state index is 11.4. The summed E-state index contributed by atoms with van der Waals surface area (Å²) in [6.45, 7) is 3.16. The van der Waals surface area contributed by atoms with Gasteiger partial charge >= 0.3 is 0 Å². The first-order valence-electron chi connectivity index (χ1n) is 5.10. The van der Waals surface area contributed by atoms with Crippen molar-refractivity contribution in [3.63, 3.8) is 0 Å². The van der Waals surface area contributed by atoms with E-state index < -0.39 is 5.60 Å². The normalized spacial score (nSPS) is 14.2. The van der Waals surface area contributed by atoms with Crippen molar-refractivity contribution >= 4 is 21.7 Å². The van der Waals surface area contributed by atoms with E-state index in [-0.39, 0.29) is 12.4 Å². The first-order chi connectivity index (χ1) is 7.45. The van der Waals surface area contributed by atoms with Gasteiger partial charge in [0.05, 0.1) is 0 Å². The smallest absolute Gasteiger partial charge is 0.167 e. The van der Waals surface area contributed by atoms with Gasteiger partial charge in [-0.1, -0.05) is 22.9 Å². The van der Waals surface area contributed by atoms with Gasteiger partial charge in [0, 0.05) is 10.9 Å². The third-order valence-corrected chi connectivity index (χ3v) is 2.78. The highest BCUT2D eigenvalue weighted by molar-refractivity contribution is 9.10. The standard InChI is InChI=1S/C12H15BrO3/c1-3-11(14)12(2,15)8-16-10-6-4-9(13)5-7-10/h4-7,15H,3,8H2,1-2H3/t12-/m0/s1. The van der Waals surface area contributed by atoms with Gasteiger partial charge in [-0.15, -0.1) is 0 Å². The molecule has 0 radical (unpaired) electrons. The Bertz CT molecular complexity index is 357. The molecule has 0 unspecified atom stereocenters. The second-order valence-electron chi connectivity index (χ2n) is 3.79. The van der Waals surface area contributed by atoms with Crippen LogP contribution >= 0.6 is 15.9 Å². The van der Waals surface area contributed by atoms with Crippen molar-refractivity contribution in [2.24, 2.45) is 0 Å². The van der Waals surface area contributed by atoms with Crippen LogP contribution in [0.1, 0.15) is 20.3 Å². The molecular weight excluding hydrogens is 272 g/mol. The second kappa shape index (κ2) is 5.46. The minimum absolute atomic E-state index is 0.0265. The Balaban J connectivity index is 2.57. The summed E-state index contributed by atoms with van der Waals surface area (Å²) in [4.78, 5) is 11.4. The zero-order valence-corrected chi connectivity index (χ0v) is 11.0. The molecular formula is C12H15BrO3. The molecule has 0 aliphatic rings. The van der Waals surface area contributed by atoms with Crippen molar-refractivity contribution in [2.45, 2.75) is 25.9 Å². The highest BCUT2D eigenvalue weighted by atomic mass is 79.9. The van der Waals surface area contributed by atoms with Crippen LogP contribution in [0.3, 0.4) is 0 Å². The Kier molecular flexibility index (Phi) is 4.50. The zero-order valence-electron chi connectivity index (χ0n) is 9.37. The summed E-state index contributed by atoms with van der Waals surface area (Å²) in [5.41, 5.74) is -1.41. The lowest BCUT2D eigenvalue weighted by Crippen LogP contribution is -2.40. The van der Waals surface area contributed by atoms with Crippen LogP contribution in [0.4, 0.5) is 0 Å². The Labute approximate surface area is 104 Å². The number of ketones is 1. The van der Waals surface area contributed by atoms with Crippen LogP contribution in [-0.4, -0.2) is 23.1 Å². The third-order valence-electron chi connectivity index (χ3n) is 2.26. The minimum atomic E-state index is -1.41. The number of hydrogen-bond acceptors (Lipinski definition) is 3. The molecule has 16 heavy (non-hydrogen) atoms. The summed E-state index contributed by atoms with van der Waals surface area (Å²) in [5, 5.41) is 9.82. The lowest BCUT2D eigenvalue weighted by molar-refractivity contribution is -0.138. The molecule has 1 aromatic rings. The number of benzene rings is 1. The fraction of sp³-hybridized carbons (Fsp3) is 0.417. The van der Waals surface area contributed by atoms with E-state index in [0.29, 0.717) is 12.2 Å². The Morgan fingerprint density at radius 1 is 1.44 bits per heavy atom. The summed E-state index contributed by atoms with van der Waals surface area (Å²) < 4.78 is 6.31. The Morgan fingerprint density at radius 2 is 2.00 bits per heavy atom. The second-order valence-corrected chi connectivity index (χ2v) is 4.71. The van der Waals surface area contributed by atoms with E-state index in [0.717, 1.165) is 4.47 Å². The Morgan fingerprint density at radius 3 is 2.50 bits per heavy atom. The molecule has 4 heteroatoms. The highest BCUT2D eigenvalue weighted by Crippen LogP contribution is 2.18. The van der Waals surface area contributed by atoms with Crippen molar-refractivity contribution in [1.29, 1.82) is 0 Å². The van der Waals surface area contributed by atoms with Gasteiger partial charge < -0.3 is 9.84 Å². The van der Waals surface area contributed by atoms with Crippen molar-refractivity contribution in [3.05, 3.63) is 28.7 Å². The van der Waals surface area contributed by atoms with E-state index in [4.69, 9.17) is 4.74 Å². The fourth-order valence-corrected chi connectivity index (χ4v) is 1.48. The molecule has 1 aromatic carbocycles. The molecule has 0 amide bonds. The number of halogens is 1. The van der Waals surface area contributed by atoms with Crippen molar-refractivity contribution < 1.29 is 14.6 Å². The number of Topliss-reactive ketones (excluding diaryl/α,β-unsaturated/α-hetero) is 1. The van der Waals surface area contributed by atoms with Crippen molar-refractivity contribution in [3.8, 4) is 5.75 Å². The lowest BCUT2D eigenvalue weighted by atomic mass is 10.0. The molecule has 0 saturated heterocycles. The molecule has 0 saturated carbocycles. The van der Waals surface area contributed by atoms with Crippen LogP contribution in [-0.2, 0) is 4.79 Å². The number of carbonyl (C=O) groups is 1. The van der Waals surface area contributed by atoms with Gasteiger partial charge in [0.1, 0.15) is 12.4 Å². The number of hydrogen-bond donors (Lipinski definition) is 1. The van der Waals surface area contributed by atoms with Gasteiger partial charge in [0.25, 0.3) is 0 Å². The van der Waals surface area contributed by atoms with Gasteiger partial charge in [-0.05, 0) is 31.2 Å². The molecule has 1 atom stereocenters. The van der Waals surface area contributed by atoms with E-state index in [1.165, 1.54) is 6.92 Å². The largest absolute Gasteiger partial charge is 0.490 e. The first kappa shape index (κ1) is 13.2. The van der Waals surface area contributed by atoms with Crippen molar-refractivity contribution in [1.82, 2.24) is 0 Å². The zero-order chi connectivity index (χ0) is 12.2. The molecule has 0 heterocycles. The summed E-state index contributed by atoms with van der Waals surface area (Å²) in [7, 11) is 0. The van der Waals surface area contributed by atoms with Gasteiger partial charge in [0.15, 0.2) is 11.4 Å². The van der Waals surface area contributed by atoms with Gasteiger partial charge in [-0.3, -0.25) is 4.79 Å². The molecule has 0 fully saturated rings. The van der Waals surface area contributed by atoms with Crippen molar-refractivity contribution in [2.75, 3.05) is 6.61 Å². The molecule has 0 spiro atoms. The molecule has 1 rings (SSSR count). The van der Waals surface area contributed by atoms with E-state index in [9.17, 15) is 9.90 Å². The quantitative estimate of drug-likeness (QED) is 0.905. The monoisotopic (exact) mass is 286 g/mol. The average molecular weight is 287 g/mol. The molecule has 0 aliphatic carbocycles. The molecule has 0 aliphatic heterocycles. The van der Waals surface area contributed by atoms with E-state index in [2.05, 4.69) is 15.9 Å². The molecule has 0 bridgehead atoms. The van der Waals surface area contributed by atoms with Crippen LogP contribution in [0.5, 0.6) is 5.75 Å². The summed E-state index contributed by atoms with van der Waals surface area (Å²) in [6.07, 6.45) is 0.302. The van der Waals surface area contributed by atoms with Crippen LogP contribution in [0.25, 0.3) is 0 Å². The SMILES string of the molecule is CCC(=O)[C@@](C)(O)COc1ccc(Br)cc1. The molecule has 1 N–H and O–H groups in total. The van der Waals surface area contributed by atoms with E-state index in [1.54, 1.807) is 19.1 Å². The molecule has 0 aromatic heterocycles. The average Bonchev–Trinajstić information content (AvgIpc) is 2.27.